The normalized spacial score (nSPS) is 11.1. The van der Waals surface area contributed by atoms with Gasteiger partial charge in [-0.1, -0.05) is 90.2 Å². The van der Waals surface area contributed by atoms with Gasteiger partial charge in [0.25, 0.3) is 0 Å². The standard InChI is InChI=1S/C30H42O2S2/c1-3-5-7-9-11-13-19-31-27-23-25(29-17-15-21-33-29)26(30-18-16-22-34-30)24-28(27)32-20-14-12-10-8-6-4-2/h15-18,21-24H,3-14,19-20H2,1-2H3. The topological polar surface area (TPSA) is 18.5 Å². The van der Waals surface area contributed by atoms with E-state index < -0.39 is 0 Å². The summed E-state index contributed by atoms with van der Waals surface area (Å²) in [5.74, 6) is 1.78. The van der Waals surface area contributed by atoms with Crippen molar-refractivity contribution in [3.8, 4) is 32.4 Å². The van der Waals surface area contributed by atoms with Crippen LogP contribution in [0.15, 0.2) is 47.2 Å². The molecular formula is C30H42O2S2. The number of rotatable bonds is 18. The van der Waals surface area contributed by atoms with Crippen molar-refractivity contribution in [2.75, 3.05) is 13.2 Å². The Morgan fingerprint density at radius 2 is 0.971 bits per heavy atom. The van der Waals surface area contributed by atoms with Gasteiger partial charge < -0.3 is 9.47 Å². The monoisotopic (exact) mass is 498 g/mol. The zero-order valence-electron chi connectivity index (χ0n) is 21.2. The lowest BCUT2D eigenvalue weighted by atomic mass is 10.0. The highest BCUT2D eigenvalue weighted by Gasteiger charge is 2.16. The molecule has 0 aliphatic heterocycles. The van der Waals surface area contributed by atoms with E-state index in [1.807, 2.05) is 0 Å². The molecule has 3 rings (SSSR count). The van der Waals surface area contributed by atoms with Crippen LogP contribution in [-0.2, 0) is 0 Å². The second kappa shape index (κ2) is 16.0. The van der Waals surface area contributed by atoms with Gasteiger partial charge in [0.15, 0.2) is 11.5 Å². The first-order valence-electron chi connectivity index (χ1n) is 13.3. The first-order valence-corrected chi connectivity index (χ1v) is 15.1. The molecule has 1 aromatic carbocycles. The van der Waals surface area contributed by atoms with Crippen LogP contribution in [0, 0.1) is 0 Å². The number of thiophene rings is 2. The quantitative estimate of drug-likeness (QED) is 0.162. The molecule has 0 aliphatic rings. The van der Waals surface area contributed by atoms with Crippen molar-refractivity contribution in [1.29, 1.82) is 0 Å². The lowest BCUT2D eigenvalue weighted by Gasteiger charge is -2.17. The molecule has 3 aromatic rings. The van der Waals surface area contributed by atoms with E-state index in [2.05, 4.69) is 61.0 Å². The van der Waals surface area contributed by atoms with E-state index in [4.69, 9.17) is 9.47 Å². The molecule has 2 nitrogen and oxygen atoms in total. The Morgan fingerprint density at radius 3 is 1.35 bits per heavy atom. The molecule has 0 unspecified atom stereocenters. The summed E-state index contributed by atoms with van der Waals surface area (Å²) < 4.78 is 12.7. The summed E-state index contributed by atoms with van der Waals surface area (Å²) in [6.45, 7) is 6.03. The predicted octanol–water partition coefficient (Wildman–Crippen LogP) is 10.6. The van der Waals surface area contributed by atoms with Crippen LogP contribution in [0.1, 0.15) is 90.9 Å². The molecule has 0 amide bonds. The van der Waals surface area contributed by atoms with Gasteiger partial charge in [-0.05, 0) is 47.9 Å². The van der Waals surface area contributed by atoms with Crippen LogP contribution >= 0.6 is 22.7 Å². The Labute approximate surface area is 215 Å². The average molecular weight is 499 g/mol. The maximum absolute atomic E-state index is 6.35. The number of benzene rings is 1. The van der Waals surface area contributed by atoms with Crippen molar-refractivity contribution in [3.63, 3.8) is 0 Å². The first kappa shape index (κ1) is 26.8. The summed E-state index contributed by atoms with van der Waals surface area (Å²) in [6.07, 6.45) is 15.2. The summed E-state index contributed by atoms with van der Waals surface area (Å²) >= 11 is 3.56. The van der Waals surface area contributed by atoms with Crippen molar-refractivity contribution in [2.24, 2.45) is 0 Å². The number of hydrogen-bond acceptors (Lipinski definition) is 4. The molecule has 0 atom stereocenters. The van der Waals surface area contributed by atoms with Gasteiger partial charge in [0.2, 0.25) is 0 Å². The van der Waals surface area contributed by atoms with Crippen LogP contribution in [0.2, 0.25) is 0 Å². The van der Waals surface area contributed by atoms with Gasteiger partial charge in [0.05, 0.1) is 13.2 Å². The summed E-state index contributed by atoms with van der Waals surface area (Å²) in [4.78, 5) is 2.55. The zero-order chi connectivity index (χ0) is 23.8. The highest BCUT2D eigenvalue weighted by Crippen LogP contribution is 2.43. The van der Waals surface area contributed by atoms with Gasteiger partial charge in [-0.25, -0.2) is 0 Å². The van der Waals surface area contributed by atoms with E-state index in [1.165, 1.54) is 85.1 Å². The van der Waals surface area contributed by atoms with Crippen molar-refractivity contribution >= 4 is 22.7 Å². The molecule has 0 spiro atoms. The smallest absolute Gasteiger partial charge is 0.161 e. The SMILES string of the molecule is CCCCCCCCOc1cc(-c2cccs2)c(-c2cccs2)cc1OCCCCCCCC. The van der Waals surface area contributed by atoms with Crippen molar-refractivity contribution in [1.82, 2.24) is 0 Å². The third kappa shape index (κ3) is 8.78. The van der Waals surface area contributed by atoms with Crippen molar-refractivity contribution in [2.45, 2.75) is 90.9 Å². The van der Waals surface area contributed by atoms with Gasteiger partial charge in [-0.15, -0.1) is 22.7 Å². The third-order valence-electron chi connectivity index (χ3n) is 6.17. The first-order chi connectivity index (χ1) is 16.8. The molecule has 0 radical (unpaired) electrons. The fraction of sp³-hybridized carbons (Fsp3) is 0.533. The largest absolute Gasteiger partial charge is 0.490 e. The fourth-order valence-corrected chi connectivity index (χ4v) is 5.70. The summed E-state index contributed by atoms with van der Waals surface area (Å²) in [5.41, 5.74) is 2.48. The lowest BCUT2D eigenvalue weighted by Crippen LogP contribution is -2.03. The highest BCUT2D eigenvalue weighted by atomic mass is 32.1. The summed E-state index contributed by atoms with van der Waals surface area (Å²) in [5, 5.41) is 4.29. The second-order valence-corrected chi connectivity index (χ2v) is 10.9. The minimum Gasteiger partial charge on any atom is -0.490 e. The number of ether oxygens (including phenoxy) is 2. The molecule has 0 saturated heterocycles. The van der Waals surface area contributed by atoms with Crippen molar-refractivity contribution < 1.29 is 9.47 Å². The molecule has 4 heteroatoms. The highest BCUT2D eigenvalue weighted by molar-refractivity contribution is 7.14. The van der Waals surface area contributed by atoms with E-state index in [9.17, 15) is 0 Å². The molecule has 34 heavy (non-hydrogen) atoms. The summed E-state index contributed by atoms with van der Waals surface area (Å²) in [7, 11) is 0. The molecule has 0 saturated carbocycles. The molecule has 186 valence electrons. The van der Waals surface area contributed by atoms with E-state index >= 15 is 0 Å². The minimum atomic E-state index is 0.752. The van der Waals surface area contributed by atoms with Gasteiger partial charge >= 0.3 is 0 Å². The van der Waals surface area contributed by atoms with Crippen LogP contribution in [0.25, 0.3) is 20.9 Å². The van der Waals surface area contributed by atoms with Gasteiger partial charge in [-0.2, -0.15) is 0 Å². The fourth-order valence-electron chi connectivity index (χ4n) is 4.19. The van der Waals surface area contributed by atoms with E-state index in [0.29, 0.717) is 0 Å². The minimum absolute atomic E-state index is 0.752. The number of hydrogen-bond donors (Lipinski definition) is 0. The maximum atomic E-state index is 6.35. The Morgan fingerprint density at radius 1 is 0.559 bits per heavy atom. The summed E-state index contributed by atoms with van der Waals surface area (Å²) in [6, 6.07) is 13.1. The van der Waals surface area contributed by atoms with Gasteiger partial charge in [0.1, 0.15) is 0 Å². The Balaban J connectivity index is 1.71. The van der Waals surface area contributed by atoms with Gasteiger partial charge in [0, 0.05) is 20.9 Å². The predicted molar refractivity (Wildman–Crippen MR) is 151 cm³/mol. The second-order valence-electron chi connectivity index (χ2n) is 9.03. The Bertz CT molecular complexity index is 825. The van der Waals surface area contributed by atoms with Crippen LogP contribution < -0.4 is 9.47 Å². The molecule has 0 fully saturated rings. The van der Waals surface area contributed by atoms with E-state index in [1.54, 1.807) is 22.7 Å². The third-order valence-corrected chi connectivity index (χ3v) is 7.97. The zero-order valence-corrected chi connectivity index (χ0v) is 22.8. The maximum Gasteiger partial charge on any atom is 0.161 e. The average Bonchev–Trinajstić information content (AvgIpc) is 3.58. The van der Waals surface area contributed by atoms with Gasteiger partial charge in [-0.3, -0.25) is 0 Å². The van der Waals surface area contributed by atoms with Crippen molar-refractivity contribution in [3.05, 3.63) is 47.2 Å². The van der Waals surface area contributed by atoms with E-state index in [0.717, 1.165) is 37.6 Å². The molecule has 2 heterocycles. The lowest BCUT2D eigenvalue weighted by molar-refractivity contribution is 0.258. The van der Waals surface area contributed by atoms with Crippen LogP contribution in [0.3, 0.4) is 0 Å². The molecule has 0 bridgehead atoms. The number of unbranched alkanes of at least 4 members (excludes halogenated alkanes) is 10. The van der Waals surface area contributed by atoms with Crippen LogP contribution in [0.5, 0.6) is 11.5 Å². The molecule has 0 aliphatic carbocycles. The van der Waals surface area contributed by atoms with E-state index in [-0.39, 0.29) is 0 Å². The Kier molecular flexibility index (Phi) is 12.6. The van der Waals surface area contributed by atoms with Crippen LogP contribution in [-0.4, -0.2) is 13.2 Å². The molecule has 2 aromatic heterocycles. The van der Waals surface area contributed by atoms with Crippen LogP contribution in [0.4, 0.5) is 0 Å². The molecule has 0 N–H and O–H groups in total. The Hall–Kier alpha value is -1.78. The molecular weight excluding hydrogens is 456 g/mol.